The van der Waals surface area contributed by atoms with E-state index < -0.39 is 6.03 Å². The highest BCUT2D eigenvalue weighted by atomic mass is 32.2. The SMILES string of the molecule is Cc1cc2nnc(SCC(=O)NC(=O)NC3CCCC3)n2c2ccccc12. The Bertz CT molecular complexity index is 1010. The molecule has 8 heteroatoms. The average molecular weight is 383 g/mol. The highest BCUT2D eigenvalue weighted by Crippen LogP contribution is 2.25. The molecule has 140 valence electrons. The molecule has 2 heterocycles. The van der Waals surface area contributed by atoms with Gasteiger partial charge in [0.2, 0.25) is 5.91 Å². The summed E-state index contributed by atoms with van der Waals surface area (Å²) in [5.41, 5.74) is 2.87. The van der Waals surface area contributed by atoms with Gasteiger partial charge in [-0.15, -0.1) is 10.2 Å². The van der Waals surface area contributed by atoms with Crippen LogP contribution in [-0.4, -0.2) is 38.3 Å². The molecule has 1 aliphatic carbocycles. The molecule has 4 rings (SSSR count). The summed E-state index contributed by atoms with van der Waals surface area (Å²) in [6, 6.07) is 9.77. The molecule has 0 aliphatic heterocycles. The van der Waals surface area contributed by atoms with E-state index in [1.807, 2.05) is 35.6 Å². The third-order valence-corrected chi connectivity index (χ3v) is 5.78. The number of hydrogen-bond donors (Lipinski definition) is 2. The van der Waals surface area contributed by atoms with Gasteiger partial charge in [0, 0.05) is 11.4 Å². The molecule has 0 radical (unpaired) electrons. The van der Waals surface area contributed by atoms with Crippen LogP contribution in [0.3, 0.4) is 0 Å². The number of imide groups is 1. The first-order valence-electron chi connectivity index (χ1n) is 9.08. The Kier molecular flexibility index (Phi) is 4.98. The van der Waals surface area contributed by atoms with Crippen LogP contribution in [0.2, 0.25) is 0 Å². The summed E-state index contributed by atoms with van der Waals surface area (Å²) in [6.45, 7) is 2.04. The molecule has 0 unspecified atom stereocenters. The van der Waals surface area contributed by atoms with Gasteiger partial charge in [-0.25, -0.2) is 4.79 Å². The number of nitrogens with zero attached hydrogens (tertiary/aromatic N) is 3. The van der Waals surface area contributed by atoms with E-state index in [1.54, 1.807) is 0 Å². The van der Waals surface area contributed by atoms with Crippen LogP contribution >= 0.6 is 11.8 Å². The number of carbonyl (C=O) groups excluding carboxylic acids is 2. The topological polar surface area (TPSA) is 88.4 Å². The maximum atomic E-state index is 12.1. The Labute approximate surface area is 160 Å². The van der Waals surface area contributed by atoms with Crippen molar-refractivity contribution in [1.29, 1.82) is 0 Å². The summed E-state index contributed by atoms with van der Waals surface area (Å²) in [7, 11) is 0. The van der Waals surface area contributed by atoms with Gasteiger partial charge in [0.15, 0.2) is 10.8 Å². The van der Waals surface area contributed by atoms with Crippen molar-refractivity contribution < 1.29 is 9.59 Å². The third-order valence-electron chi connectivity index (χ3n) is 4.85. The van der Waals surface area contributed by atoms with Crippen molar-refractivity contribution in [3.63, 3.8) is 0 Å². The molecule has 2 N–H and O–H groups in total. The molecule has 1 aliphatic rings. The zero-order valence-corrected chi connectivity index (χ0v) is 15.9. The van der Waals surface area contributed by atoms with E-state index in [0.717, 1.165) is 47.8 Å². The zero-order chi connectivity index (χ0) is 18.8. The number of aryl methyl sites for hydroxylation is 1. The third kappa shape index (κ3) is 3.75. The number of pyridine rings is 1. The first-order chi connectivity index (χ1) is 13.1. The van der Waals surface area contributed by atoms with Crippen molar-refractivity contribution in [3.05, 3.63) is 35.9 Å². The Balaban J connectivity index is 1.45. The van der Waals surface area contributed by atoms with Gasteiger partial charge in [-0.2, -0.15) is 0 Å². The van der Waals surface area contributed by atoms with Crippen LogP contribution in [0.15, 0.2) is 35.5 Å². The van der Waals surface area contributed by atoms with Gasteiger partial charge in [0.05, 0.1) is 11.3 Å². The van der Waals surface area contributed by atoms with Crippen LogP contribution in [0, 0.1) is 6.92 Å². The highest BCUT2D eigenvalue weighted by molar-refractivity contribution is 7.99. The quantitative estimate of drug-likeness (QED) is 0.676. The minimum atomic E-state index is -0.417. The van der Waals surface area contributed by atoms with Crippen LogP contribution in [0.25, 0.3) is 16.6 Å². The molecule has 0 saturated heterocycles. The van der Waals surface area contributed by atoms with Gasteiger partial charge in [-0.05, 0) is 37.5 Å². The van der Waals surface area contributed by atoms with Crippen LogP contribution in [0.5, 0.6) is 0 Å². The molecule has 0 spiro atoms. The van der Waals surface area contributed by atoms with E-state index in [4.69, 9.17) is 0 Å². The van der Waals surface area contributed by atoms with Crippen molar-refractivity contribution in [2.45, 2.75) is 43.8 Å². The summed E-state index contributed by atoms with van der Waals surface area (Å²) in [6.07, 6.45) is 4.22. The maximum absolute atomic E-state index is 12.1. The maximum Gasteiger partial charge on any atom is 0.321 e. The number of amides is 3. The minimum Gasteiger partial charge on any atom is -0.335 e. The summed E-state index contributed by atoms with van der Waals surface area (Å²) in [4.78, 5) is 24.0. The van der Waals surface area contributed by atoms with E-state index in [0.29, 0.717) is 5.16 Å². The predicted octanol–water partition coefficient (Wildman–Crippen LogP) is 3.05. The van der Waals surface area contributed by atoms with Crippen molar-refractivity contribution >= 4 is 40.3 Å². The van der Waals surface area contributed by atoms with Crippen molar-refractivity contribution in [2.24, 2.45) is 0 Å². The van der Waals surface area contributed by atoms with Gasteiger partial charge >= 0.3 is 6.03 Å². The molecule has 2 aromatic heterocycles. The second-order valence-electron chi connectivity index (χ2n) is 6.81. The largest absolute Gasteiger partial charge is 0.335 e. The lowest BCUT2D eigenvalue weighted by Crippen LogP contribution is -2.44. The lowest BCUT2D eigenvalue weighted by atomic mass is 10.1. The average Bonchev–Trinajstić information content (AvgIpc) is 3.30. The van der Waals surface area contributed by atoms with Crippen molar-refractivity contribution in [3.8, 4) is 0 Å². The number of thioether (sulfide) groups is 1. The first-order valence-corrected chi connectivity index (χ1v) is 10.1. The molecular weight excluding hydrogens is 362 g/mol. The van der Waals surface area contributed by atoms with E-state index in [1.165, 1.54) is 11.8 Å². The van der Waals surface area contributed by atoms with Crippen LogP contribution in [-0.2, 0) is 4.79 Å². The number of benzene rings is 1. The molecule has 0 atom stereocenters. The molecule has 1 saturated carbocycles. The van der Waals surface area contributed by atoms with Gasteiger partial charge in [-0.1, -0.05) is 42.8 Å². The Morgan fingerprint density at radius 2 is 2.00 bits per heavy atom. The fourth-order valence-electron chi connectivity index (χ4n) is 3.55. The summed E-state index contributed by atoms with van der Waals surface area (Å²) in [5, 5.41) is 15.4. The minimum absolute atomic E-state index is 0.0983. The summed E-state index contributed by atoms with van der Waals surface area (Å²) in [5.74, 6) is -0.246. The first kappa shape index (κ1) is 17.8. The second-order valence-corrected chi connectivity index (χ2v) is 7.75. The molecule has 1 fully saturated rings. The zero-order valence-electron chi connectivity index (χ0n) is 15.1. The van der Waals surface area contributed by atoms with E-state index in [-0.39, 0.29) is 17.7 Å². The van der Waals surface area contributed by atoms with Gasteiger partial charge < -0.3 is 5.32 Å². The molecule has 7 nitrogen and oxygen atoms in total. The Morgan fingerprint density at radius 1 is 1.22 bits per heavy atom. The number of aromatic nitrogens is 3. The molecule has 0 bridgehead atoms. The molecule has 3 aromatic rings. The number of fused-ring (bicyclic) bond motifs is 3. The normalized spacial score (nSPS) is 14.7. The fraction of sp³-hybridized carbons (Fsp3) is 0.368. The van der Waals surface area contributed by atoms with Gasteiger partial charge in [0.25, 0.3) is 0 Å². The number of para-hydroxylation sites is 1. The standard InChI is InChI=1S/C19H21N5O2S/c1-12-10-16-22-23-19(24(16)15-9-5-4-8-14(12)15)27-11-17(25)21-18(26)20-13-6-2-3-7-13/h4-5,8-10,13H,2-3,6-7,11H2,1H3,(H2,20,21,25,26). The number of rotatable bonds is 4. The van der Waals surface area contributed by atoms with Crippen LogP contribution in [0.1, 0.15) is 31.2 Å². The molecule has 3 amide bonds. The van der Waals surface area contributed by atoms with Crippen LogP contribution < -0.4 is 10.6 Å². The Hall–Kier alpha value is -2.61. The van der Waals surface area contributed by atoms with Crippen molar-refractivity contribution in [1.82, 2.24) is 25.2 Å². The lowest BCUT2D eigenvalue weighted by molar-refractivity contribution is -0.117. The molecule has 27 heavy (non-hydrogen) atoms. The summed E-state index contributed by atoms with van der Waals surface area (Å²) >= 11 is 1.27. The van der Waals surface area contributed by atoms with E-state index in [9.17, 15) is 9.59 Å². The molecular formula is C19H21N5O2S. The fourth-order valence-corrected chi connectivity index (χ4v) is 4.30. The number of carbonyl (C=O) groups is 2. The highest BCUT2D eigenvalue weighted by Gasteiger charge is 2.19. The number of urea groups is 1. The summed E-state index contributed by atoms with van der Waals surface area (Å²) < 4.78 is 1.94. The molecule has 1 aromatic carbocycles. The van der Waals surface area contributed by atoms with Crippen molar-refractivity contribution in [2.75, 3.05) is 5.75 Å². The predicted molar refractivity (Wildman–Crippen MR) is 105 cm³/mol. The number of nitrogens with one attached hydrogen (secondary N) is 2. The van der Waals surface area contributed by atoms with Gasteiger partial charge in [0.1, 0.15) is 0 Å². The monoisotopic (exact) mass is 383 g/mol. The lowest BCUT2D eigenvalue weighted by Gasteiger charge is -2.12. The van der Waals surface area contributed by atoms with Crippen LogP contribution in [0.4, 0.5) is 4.79 Å². The smallest absolute Gasteiger partial charge is 0.321 e. The van der Waals surface area contributed by atoms with Gasteiger partial charge in [-0.3, -0.25) is 14.5 Å². The number of hydrogen-bond acceptors (Lipinski definition) is 5. The van der Waals surface area contributed by atoms with E-state index in [2.05, 4.69) is 26.9 Å². The Morgan fingerprint density at radius 3 is 2.81 bits per heavy atom. The second kappa shape index (κ2) is 7.56. The van der Waals surface area contributed by atoms with E-state index >= 15 is 0 Å².